The second-order valence-corrected chi connectivity index (χ2v) is 18.3. The minimum atomic E-state index is -3.84. The van der Waals surface area contributed by atoms with Gasteiger partial charge in [0.1, 0.15) is 11.0 Å². The Morgan fingerprint density at radius 2 is 1.54 bits per heavy atom. The zero-order chi connectivity index (χ0) is 38.4. The van der Waals surface area contributed by atoms with E-state index < -0.39 is 21.9 Å². The third-order valence-corrected chi connectivity index (χ3v) is 14.2. The number of piperidine rings is 1. The molecule has 54 heavy (non-hydrogen) atoms. The van der Waals surface area contributed by atoms with E-state index in [0.717, 1.165) is 38.8 Å². The van der Waals surface area contributed by atoms with E-state index >= 15 is 8.78 Å². The molecule has 7 N–H and O–H groups in total. The molecule has 7 rings (SSSR count). The molecule has 13 nitrogen and oxygen atoms in total. The van der Waals surface area contributed by atoms with Crippen LogP contribution in [-0.4, -0.2) is 110 Å². The summed E-state index contributed by atoms with van der Waals surface area (Å²) in [4.78, 5) is 35.6. The molecule has 5 aliphatic rings. The average Bonchev–Trinajstić information content (AvgIpc) is 3.76. The summed E-state index contributed by atoms with van der Waals surface area (Å²) >= 11 is 6.31. The molecular weight excluding hydrogens is 740 g/mol. The van der Waals surface area contributed by atoms with Crippen LogP contribution in [0.15, 0.2) is 41.3 Å². The third-order valence-electron chi connectivity index (χ3n) is 12.1. The first-order valence-corrected chi connectivity index (χ1v) is 21.0. The number of carbonyl (C=O) groups is 2. The van der Waals surface area contributed by atoms with Gasteiger partial charge in [0.15, 0.2) is 0 Å². The number of benzene rings is 1. The van der Waals surface area contributed by atoms with Gasteiger partial charge in [0, 0.05) is 106 Å². The minimum Gasteiger partial charge on any atom is -0.354 e. The van der Waals surface area contributed by atoms with Gasteiger partial charge in [-0.25, -0.2) is 22.2 Å². The van der Waals surface area contributed by atoms with Gasteiger partial charge in [0.2, 0.25) is 21.8 Å². The molecular formula is C37H52ClF2N9O4S. The van der Waals surface area contributed by atoms with Gasteiger partial charge in [-0.15, -0.1) is 0 Å². The lowest BCUT2D eigenvalue weighted by molar-refractivity contribution is -0.129. The maximum atomic E-state index is 16.1. The van der Waals surface area contributed by atoms with Crippen molar-refractivity contribution in [2.24, 2.45) is 29.0 Å². The number of halogens is 3. The third kappa shape index (κ3) is 8.39. The van der Waals surface area contributed by atoms with Gasteiger partial charge in [0.25, 0.3) is 5.92 Å². The Labute approximate surface area is 320 Å². The summed E-state index contributed by atoms with van der Waals surface area (Å²) in [6.45, 7) is 2.73. The largest absolute Gasteiger partial charge is 0.354 e. The summed E-state index contributed by atoms with van der Waals surface area (Å²) in [6, 6.07) is 9.03. The Morgan fingerprint density at radius 3 is 2.17 bits per heavy atom. The van der Waals surface area contributed by atoms with Crippen molar-refractivity contribution in [1.29, 1.82) is 0 Å². The predicted octanol–water partition coefficient (Wildman–Crippen LogP) is 2.61. The smallest absolute Gasteiger partial charge is 0.276 e. The average molecular weight is 792 g/mol. The number of rotatable bonds is 9. The van der Waals surface area contributed by atoms with E-state index in [1.807, 2.05) is 0 Å². The maximum absolute atomic E-state index is 16.1. The summed E-state index contributed by atoms with van der Waals surface area (Å²) < 4.78 is 60.6. The van der Waals surface area contributed by atoms with Crippen LogP contribution in [0.25, 0.3) is 0 Å². The van der Waals surface area contributed by atoms with Gasteiger partial charge in [-0.2, -0.15) is 4.31 Å². The molecule has 1 aromatic carbocycles. The van der Waals surface area contributed by atoms with Crippen molar-refractivity contribution >= 4 is 44.9 Å². The first-order valence-electron chi connectivity index (χ1n) is 19.2. The fourth-order valence-electron chi connectivity index (χ4n) is 9.13. The van der Waals surface area contributed by atoms with Gasteiger partial charge in [0.05, 0.1) is 4.90 Å². The molecule has 3 aliphatic heterocycles. The van der Waals surface area contributed by atoms with E-state index in [1.165, 1.54) is 28.6 Å². The van der Waals surface area contributed by atoms with Gasteiger partial charge in [-0.05, 0) is 87.8 Å². The molecule has 0 spiro atoms. The van der Waals surface area contributed by atoms with Crippen LogP contribution in [-0.2, 0) is 25.5 Å². The highest BCUT2D eigenvalue weighted by Gasteiger charge is 2.45. The number of nitrogens with one attached hydrogen (secondary N) is 1. The molecule has 17 heteroatoms. The number of aromatic nitrogens is 1. The van der Waals surface area contributed by atoms with Crippen molar-refractivity contribution < 1.29 is 26.8 Å². The minimum absolute atomic E-state index is 0.0503. The zero-order valence-electron chi connectivity index (χ0n) is 30.5. The second kappa shape index (κ2) is 15.9. The molecule has 5 atom stereocenters. The van der Waals surface area contributed by atoms with Crippen molar-refractivity contribution in [3.05, 3.63) is 47.1 Å². The quantitative estimate of drug-likeness (QED) is 0.276. The number of hydrogen-bond acceptors (Lipinski definition) is 10. The fraction of sp³-hybridized carbons (Fsp3) is 0.649. The number of carbonyl (C=O) groups excluding carboxylic acids is 2. The molecule has 5 fully saturated rings. The van der Waals surface area contributed by atoms with E-state index in [-0.39, 0.29) is 109 Å². The van der Waals surface area contributed by atoms with Crippen LogP contribution in [0.4, 0.5) is 20.3 Å². The summed E-state index contributed by atoms with van der Waals surface area (Å²) in [7, 11) is -3.84. The summed E-state index contributed by atoms with van der Waals surface area (Å²) in [5.74, 6) is -4.34. The Balaban J connectivity index is 0.913. The first-order chi connectivity index (χ1) is 25.7. The number of anilines is 2. The number of amides is 2. The fourth-order valence-corrected chi connectivity index (χ4v) is 10.8. The SMILES string of the molecule is NC1CC(N)CN(C2CC[C@H](NC(=O)C3CCC(C(F)(F)c4cc(Cl)nc(N5CCN(S(=O)(=O)c6ccc(N7C[C@H](N)CC7=O)cc6)CC5)c4)CC3)C2)C1. The highest BCUT2D eigenvalue weighted by molar-refractivity contribution is 7.89. The lowest BCUT2D eigenvalue weighted by atomic mass is 9.77. The predicted molar refractivity (Wildman–Crippen MR) is 203 cm³/mol. The molecule has 4 heterocycles. The first kappa shape index (κ1) is 39.3. The Kier molecular flexibility index (Phi) is 11.5. The van der Waals surface area contributed by atoms with Crippen molar-refractivity contribution in [3.8, 4) is 0 Å². The summed E-state index contributed by atoms with van der Waals surface area (Å²) in [5.41, 5.74) is 18.6. The number of sulfonamides is 1. The highest BCUT2D eigenvalue weighted by atomic mass is 35.5. The molecule has 2 saturated carbocycles. The van der Waals surface area contributed by atoms with E-state index in [4.69, 9.17) is 28.8 Å². The van der Waals surface area contributed by atoms with Crippen LogP contribution in [0.2, 0.25) is 5.15 Å². The second-order valence-electron chi connectivity index (χ2n) is 15.9. The van der Waals surface area contributed by atoms with Gasteiger partial charge < -0.3 is 32.3 Å². The van der Waals surface area contributed by atoms with E-state index in [1.54, 1.807) is 21.9 Å². The number of alkyl halides is 2. The van der Waals surface area contributed by atoms with Gasteiger partial charge in [-0.1, -0.05) is 11.6 Å². The van der Waals surface area contributed by atoms with Crippen LogP contribution in [0.3, 0.4) is 0 Å². The molecule has 2 aromatic rings. The number of piperazine rings is 1. The number of hydrogen-bond donors (Lipinski definition) is 4. The molecule has 2 amide bonds. The van der Waals surface area contributed by atoms with Crippen LogP contribution in [0.1, 0.15) is 63.4 Å². The number of nitrogens with two attached hydrogens (primary N) is 3. The Bertz CT molecular complexity index is 1780. The van der Waals surface area contributed by atoms with E-state index in [9.17, 15) is 18.0 Å². The topological polar surface area (TPSA) is 184 Å². The van der Waals surface area contributed by atoms with Gasteiger partial charge in [-0.3, -0.25) is 14.5 Å². The lowest BCUT2D eigenvalue weighted by Gasteiger charge is -2.38. The standard InChI is InChI=1S/C37H52ClF2N9O4S/c38-33-15-25(37(39,40)24-3-1-23(2-4-24)36(51)44-29-5-6-31(19-29)47-20-26(41)17-27(42)21-47)16-34(45-33)46-11-13-48(14-12-46)54(52,53)32-9-7-30(8-10-32)49-22-28(43)18-35(49)50/h7-10,15-16,23-24,26-29,31H,1-6,11-14,17-22,41-43H2,(H,44,51)/t23?,24?,26?,27?,28-,29+,31?/m1/s1. The van der Waals surface area contributed by atoms with Crippen molar-refractivity contribution in [1.82, 2.24) is 19.5 Å². The summed E-state index contributed by atoms with van der Waals surface area (Å²) in [5, 5.41) is 3.15. The van der Waals surface area contributed by atoms with E-state index in [2.05, 4.69) is 15.2 Å². The molecule has 3 unspecified atom stereocenters. The molecule has 1 aromatic heterocycles. The van der Waals surface area contributed by atoms with E-state index in [0.29, 0.717) is 31.1 Å². The van der Waals surface area contributed by atoms with Crippen LogP contribution in [0, 0.1) is 11.8 Å². The molecule has 0 radical (unpaired) electrons. The molecule has 0 bridgehead atoms. The normalized spacial score (nSPS) is 30.6. The maximum Gasteiger partial charge on any atom is 0.276 e. The lowest BCUT2D eigenvalue weighted by Crippen LogP contribution is -2.55. The van der Waals surface area contributed by atoms with Crippen LogP contribution >= 0.6 is 11.6 Å². The Morgan fingerprint density at radius 1 is 0.870 bits per heavy atom. The van der Waals surface area contributed by atoms with Crippen LogP contribution < -0.4 is 32.3 Å². The van der Waals surface area contributed by atoms with Crippen LogP contribution in [0.5, 0.6) is 0 Å². The molecule has 3 saturated heterocycles. The van der Waals surface area contributed by atoms with Gasteiger partial charge >= 0.3 is 0 Å². The van der Waals surface area contributed by atoms with Crippen molar-refractivity contribution in [3.63, 3.8) is 0 Å². The highest BCUT2D eigenvalue weighted by Crippen LogP contribution is 2.46. The zero-order valence-corrected chi connectivity index (χ0v) is 32.0. The number of pyridine rings is 1. The summed E-state index contributed by atoms with van der Waals surface area (Å²) in [6.07, 6.45) is 4.96. The molecule has 296 valence electrons. The monoisotopic (exact) mass is 791 g/mol. The Hall–Kier alpha value is -2.99. The number of likely N-dealkylation sites (tertiary alicyclic amines) is 1. The number of nitrogens with zero attached hydrogens (tertiary/aromatic N) is 5. The van der Waals surface area contributed by atoms with Crippen molar-refractivity contribution in [2.45, 2.75) is 98.8 Å². The van der Waals surface area contributed by atoms with Crippen molar-refractivity contribution in [2.75, 3.05) is 55.6 Å². The molecule has 2 aliphatic carbocycles.